The highest BCUT2D eigenvalue weighted by molar-refractivity contribution is 5.78. The number of aliphatic hydroxyl groups excluding tert-OH is 1. The van der Waals surface area contributed by atoms with Crippen LogP contribution in [0.15, 0.2) is 12.1 Å². The van der Waals surface area contributed by atoms with E-state index in [4.69, 9.17) is 4.74 Å². The highest BCUT2D eigenvalue weighted by Crippen LogP contribution is 2.25. The number of aliphatic hydroxyl groups is 1. The molecule has 1 heterocycles. The molecule has 1 saturated heterocycles. The van der Waals surface area contributed by atoms with Crippen molar-refractivity contribution in [3.05, 3.63) is 28.8 Å². The van der Waals surface area contributed by atoms with Gasteiger partial charge in [-0.25, -0.2) is 0 Å². The predicted molar refractivity (Wildman–Crippen MR) is 82.5 cm³/mol. The van der Waals surface area contributed by atoms with Crippen LogP contribution in [0.5, 0.6) is 5.75 Å². The van der Waals surface area contributed by atoms with E-state index < -0.39 is 0 Å². The van der Waals surface area contributed by atoms with Crippen LogP contribution in [-0.2, 0) is 4.79 Å². The van der Waals surface area contributed by atoms with E-state index in [-0.39, 0.29) is 24.5 Å². The Morgan fingerprint density at radius 3 is 2.52 bits per heavy atom. The molecule has 1 aromatic carbocycles. The SMILES string of the molecule is Cc1cc(C)c(OCC(=O)N2CCC(O)C(C)C2)c(C)c1. The summed E-state index contributed by atoms with van der Waals surface area (Å²) >= 11 is 0. The fraction of sp³-hybridized carbons (Fsp3) is 0.588. The Bertz CT molecular complexity index is 504. The van der Waals surface area contributed by atoms with Crippen LogP contribution in [0.1, 0.15) is 30.0 Å². The number of carbonyl (C=O) groups excluding carboxylic acids is 1. The second kappa shape index (κ2) is 6.48. The average Bonchev–Trinajstić information content (AvgIpc) is 2.40. The average molecular weight is 291 g/mol. The standard InChI is InChI=1S/C17H25NO3/c1-11-7-12(2)17(13(3)8-11)21-10-16(20)18-6-5-15(19)14(4)9-18/h7-8,14-15,19H,5-6,9-10H2,1-4H3. The second-order valence-corrected chi connectivity index (χ2v) is 6.19. The van der Waals surface area contributed by atoms with Gasteiger partial charge in [0.25, 0.3) is 5.91 Å². The molecule has 1 fully saturated rings. The van der Waals surface area contributed by atoms with Gasteiger partial charge in [-0.3, -0.25) is 4.79 Å². The molecule has 0 saturated carbocycles. The number of aryl methyl sites for hydroxylation is 3. The molecule has 0 aromatic heterocycles. The van der Waals surface area contributed by atoms with E-state index in [0.29, 0.717) is 19.5 Å². The molecule has 116 valence electrons. The molecular formula is C17H25NO3. The van der Waals surface area contributed by atoms with Gasteiger partial charge in [-0.05, 0) is 44.2 Å². The first-order chi connectivity index (χ1) is 9.88. The van der Waals surface area contributed by atoms with Crippen molar-refractivity contribution in [1.29, 1.82) is 0 Å². The van der Waals surface area contributed by atoms with Gasteiger partial charge >= 0.3 is 0 Å². The zero-order valence-corrected chi connectivity index (χ0v) is 13.3. The van der Waals surface area contributed by atoms with Gasteiger partial charge in [0.1, 0.15) is 5.75 Å². The fourth-order valence-corrected chi connectivity index (χ4v) is 2.98. The van der Waals surface area contributed by atoms with Crippen molar-refractivity contribution in [2.75, 3.05) is 19.7 Å². The molecule has 2 rings (SSSR count). The van der Waals surface area contributed by atoms with Crippen LogP contribution in [-0.4, -0.2) is 41.7 Å². The Labute approximate surface area is 126 Å². The van der Waals surface area contributed by atoms with Crippen molar-refractivity contribution >= 4 is 5.91 Å². The van der Waals surface area contributed by atoms with Gasteiger partial charge in [0.05, 0.1) is 6.10 Å². The van der Waals surface area contributed by atoms with E-state index in [9.17, 15) is 9.90 Å². The van der Waals surface area contributed by atoms with Crippen molar-refractivity contribution in [3.8, 4) is 5.75 Å². The van der Waals surface area contributed by atoms with E-state index >= 15 is 0 Å². The smallest absolute Gasteiger partial charge is 0.260 e. The maximum absolute atomic E-state index is 12.2. The minimum Gasteiger partial charge on any atom is -0.483 e. The molecule has 0 spiro atoms. The van der Waals surface area contributed by atoms with Crippen molar-refractivity contribution in [2.45, 2.75) is 40.2 Å². The van der Waals surface area contributed by atoms with Crippen LogP contribution < -0.4 is 4.74 Å². The highest BCUT2D eigenvalue weighted by atomic mass is 16.5. The third kappa shape index (κ3) is 3.76. The number of likely N-dealkylation sites (tertiary alicyclic amines) is 1. The highest BCUT2D eigenvalue weighted by Gasteiger charge is 2.27. The summed E-state index contributed by atoms with van der Waals surface area (Å²) in [5.41, 5.74) is 3.31. The summed E-state index contributed by atoms with van der Waals surface area (Å²) in [6.45, 7) is 9.30. The lowest BCUT2D eigenvalue weighted by atomic mass is 9.97. The van der Waals surface area contributed by atoms with E-state index in [1.807, 2.05) is 20.8 Å². The molecule has 1 aliphatic heterocycles. The lowest BCUT2D eigenvalue weighted by Crippen LogP contribution is -2.46. The zero-order chi connectivity index (χ0) is 15.6. The number of hydrogen-bond acceptors (Lipinski definition) is 3. The third-order valence-corrected chi connectivity index (χ3v) is 4.16. The van der Waals surface area contributed by atoms with Crippen LogP contribution in [0, 0.1) is 26.7 Å². The summed E-state index contributed by atoms with van der Waals surface area (Å²) < 4.78 is 5.75. The van der Waals surface area contributed by atoms with Crippen molar-refractivity contribution in [1.82, 2.24) is 4.90 Å². The first-order valence-electron chi connectivity index (χ1n) is 7.55. The quantitative estimate of drug-likeness (QED) is 0.929. The van der Waals surface area contributed by atoms with Crippen LogP contribution in [0.4, 0.5) is 0 Å². The molecular weight excluding hydrogens is 266 g/mol. The molecule has 1 aliphatic rings. The van der Waals surface area contributed by atoms with E-state index in [1.54, 1.807) is 4.90 Å². The number of nitrogens with zero attached hydrogens (tertiary/aromatic N) is 1. The van der Waals surface area contributed by atoms with Crippen LogP contribution in [0.2, 0.25) is 0 Å². The van der Waals surface area contributed by atoms with E-state index in [0.717, 1.165) is 16.9 Å². The monoisotopic (exact) mass is 291 g/mol. The van der Waals surface area contributed by atoms with Gasteiger partial charge in [0, 0.05) is 13.1 Å². The molecule has 1 aromatic rings. The largest absolute Gasteiger partial charge is 0.483 e. The molecule has 4 heteroatoms. The summed E-state index contributed by atoms with van der Waals surface area (Å²) in [5, 5.41) is 9.71. The summed E-state index contributed by atoms with van der Waals surface area (Å²) in [5.74, 6) is 0.928. The number of ether oxygens (including phenoxy) is 1. The normalized spacial score (nSPS) is 22.2. The Hall–Kier alpha value is -1.55. The van der Waals surface area contributed by atoms with Crippen molar-refractivity contribution in [3.63, 3.8) is 0 Å². The minimum absolute atomic E-state index is 0.00637. The van der Waals surface area contributed by atoms with Gasteiger partial charge < -0.3 is 14.7 Å². The molecule has 4 nitrogen and oxygen atoms in total. The first kappa shape index (κ1) is 15.8. The maximum atomic E-state index is 12.2. The Morgan fingerprint density at radius 1 is 1.33 bits per heavy atom. The lowest BCUT2D eigenvalue weighted by molar-refractivity contribution is -0.136. The summed E-state index contributed by atoms with van der Waals surface area (Å²) in [6.07, 6.45) is 0.353. The van der Waals surface area contributed by atoms with Gasteiger partial charge in [0.15, 0.2) is 6.61 Å². The molecule has 21 heavy (non-hydrogen) atoms. The molecule has 0 aliphatic carbocycles. The van der Waals surface area contributed by atoms with Gasteiger partial charge in [-0.2, -0.15) is 0 Å². The van der Waals surface area contributed by atoms with Gasteiger partial charge in [0.2, 0.25) is 0 Å². The molecule has 0 bridgehead atoms. The number of benzene rings is 1. The zero-order valence-electron chi connectivity index (χ0n) is 13.3. The van der Waals surface area contributed by atoms with E-state index in [1.165, 1.54) is 5.56 Å². The second-order valence-electron chi connectivity index (χ2n) is 6.19. The number of hydrogen-bond donors (Lipinski definition) is 1. The van der Waals surface area contributed by atoms with Crippen LogP contribution in [0.25, 0.3) is 0 Å². The first-order valence-corrected chi connectivity index (χ1v) is 7.55. The van der Waals surface area contributed by atoms with E-state index in [2.05, 4.69) is 19.1 Å². The number of rotatable bonds is 3. The molecule has 1 N–H and O–H groups in total. The maximum Gasteiger partial charge on any atom is 0.260 e. The topological polar surface area (TPSA) is 49.8 Å². The van der Waals surface area contributed by atoms with Crippen LogP contribution in [0.3, 0.4) is 0 Å². The summed E-state index contributed by atoms with van der Waals surface area (Å²) in [4.78, 5) is 14.0. The minimum atomic E-state index is -0.295. The molecule has 2 unspecified atom stereocenters. The molecule has 0 radical (unpaired) electrons. The molecule has 2 atom stereocenters. The Balaban J connectivity index is 1.96. The van der Waals surface area contributed by atoms with Gasteiger partial charge in [-0.1, -0.05) is 24.6 Å². The van der Waals surface area contributed by atoms with Crippen molar-refractivity contribution < 1.29 is 14.6 Å². The Morgan fingerprint density at radius 2 is 1.95 bits per heavy atom. The summed E-state index contributed by atoms with van der Waals surface area (Å²) in [7, 11) is 0. The molecule has 1 amide bonds. The summed E-state index contributed by atoms with van der Waals surface area (Å²) in [6, 6.07) is 4.12. The fourth-order valence-electron chi connectivity index (χ4n) is 2.98. The third-order valence-electron chi connectivity index (χ3n) is 4.16. The Kier molecular flexibility index (Phi) is 4.88. The van der Waals surface area contributed by atoms with Crippen LogP contribution >= 0.6 is 0 Å². The lowest BCUT2D eigenvalue weighted by Gasteiger charge is -2.34. The predicted octanol–water partition coefficient (Wildman–Crippen LogP) is 2.22. The number of carbonyl (C=O) groups is 1. The van der Waals surface area contributed by atoms with Crippen molar-refractivity contribution in [2.24, 2.45) is 5.92 Å². The van der Waals surface area contributed by atoms with Gasteiger partial charge in [-0.15, -0.1) is 0 Å². The number of piperidine rings is 1. The number of amides is 1.